The van der Waals surface area contributed by atoms with Crippen molar-refractivity contribution in [1.29, 1.82) is 0 Å². The predicted molar refractivity (Wildman–Crippen MR) is 98.0 cm³/mol. The third kappa shape index (κ3) is 2.45. The maximum absolute atomic E-state index is 14.0. The molecule has 0 aliphatic heterocycles. The van der Waals surface area contributed by atoms with Gasteiger partial charge in [-0.3, -0.25) is 4.98 Å². The lowest BCUT2D eigenvalue weighted by Crippen LogP contribution is -2.00. The van der Waals surface area contributed by atoms with Gasteiger partial charge >= 0.3 is 0 Å². The molecule has 0 N–H and O–H groups in total. The number of hydrogen-bond acceptors (Lipinski definition) is 1. The molecule has 26 heavy (non-hydrogen) atoms. The number of halogens is 3. The summed E-state index contributed by atoms with van der Waals surface area (Å²) in [5.74, 6) is -3.73. The fourth-order valence-electron chi connectivity index (χ4n) is 3.61. The molecule has 0 unspecified atom stereocenters. The number of pyridine rings is 1. The van der Waals surface area contributed by atoms with Gasteiger partial charge in [0.15, 0.2) is 17.5 Å². The van der Waals surface area contributed by atoms with E-state index in [4.69, 9.17) is 0 Å². The molecule has 1 nitrogen and oxygen atoms in total. The second-order valence-corrected chi connectivity index (χ2v) is 6.47. The molecule has 3 aromatic rings. The molecular weight excluding hydrogens is 335 g/mol. The second kappa shape index (κ2) is 6.13. The number of aromatic nitrogens is 1. The Bertz CT molecular complexity index is 1100. The highest BCUT2D eigenvalue weighted by Crippen LogP contribution is 2.41. The van der Waals surface area contributed by atoms with Crippen LogP contribution >= 0.6 is 0 Å². The van der Waals surface area contributed by atoms with Gasteiger partial charge in [0, 0.05) is 17.1 Å². The lowest BCUT2D eigenvalue weighted by molar-refractivity contribution is 0.443. The molecule has 0 radical (unpaired) electrons. The summed E-state index contributed by atoms with van der Waals surface area (Å²) in [5.41, 5.74) is 5.14. The summed E-state index contributed by atoms with van der Waals surface area (Å²) < 4.78 is 41.2. The number of allylic oxidation sites excluding steroid dienone is 4. The zero-order valence-electron chi connectivity index (χ0n) is 14.4. The Labute approximate surface area is 149 Å². The van der Waals surface area contributed by atoms with E-state index in [0.717, 1.165) is 39.3 Å². The van der Waals surface area contributed by atoms with Crippen LogP contribution < -0.4 is 0 Å². The van der Waals surface area contributed by atoms with Crippen molar-refractivity contribution < 1.29 is 13.2 Å². The first-order valence-electron chi connectivity index (χ1n) is 8.38. The Kier molecular flexibility index (Phi) is 3.91. The quantitative estimate of drug-likeness (QED) is 0.499. The summed E-state index contributed by atoms with van der Waals surface area (Å²) in [6, 6.07) is 10.9. The van der Waals surface area contributed by atoms with E-state index < -0.39 is 17.5 Å². The maximum atomic E-state index is 14.0. The first-order chi connectivity index (χ1) is 12.5. The van der Waals surface area contributed by atoms with Crippen molar-refractivity contribution in [3.63, 3.8) is 0 Å². The zero-order chi connectivity index (χ0) is 18.4. The molecule has 0 atom stereocenters. The Morgan fingerprint density at radius 3 is 2.50 bits per heavy atom. The van der Waals surface area contributed by atoms with E-state index in [1.807, 2.05) is 43.3 Å². The lowest BCUT2D eigenvalue weighted by Gasteiger charge is -2.13. The van der Waals surface area contributed by atoms with Crippen LogP contribution in [0.4, 0.5) is 13.2 Å². The zero-order valence-corrected chi connectivity index (χ0v) is 14.4. The summed E-state index contributed by atoms with van der Waals surface area (Å²) >= 11 is 0. The monoisotopic (exact) mass is 351 g/mol. The number of para-hydroxylation sites is 1. The van der Waals surface area contributed by atoms with Gasteiger partial charge in [0.1, 0.15) is 0 Å². The van der Waals surface area contributed by atoms with Crippen molar-refractivity contribution in [2.75, 3.05) is 0 Å². The molecule has 1 aliphatic carbocycles. The van der Waals surface area contributed by atoms with Crippen LogP contribution in [0.2, 0.25) is 0 Å². The average molecular weight is 351 g/mol. The van der Waals surface area contributed by atoms with E-state index in [1.165, 1.54) is 6.92 Å². The first-order valence-corrected chi connectivity index (χ1v) is 8.38. The molecule has 2 aromatic carbocycles. The molecule has 0 saturated carbocycles. The fraction of sp³-hybridized carbons (Fsp3) is 0.136. The standard InChI is InChI=1S/C22H16F3N/c1-12-15(17-7-3-5-14-6-4-10-26-22(14)17)8-9-16(12)18-11-19(23)21(25)20(24)13(18)2/h3-7,9-11H,8H2,1-2H3. The van der Waals surface area contributed by atoms with Gasteiger partial charge in [-0.05, 0) is 60.2 Å². The van der Waals surface area contributed by atoms with Crippen molar-refractivity contribution in [3.05, 3.63) is 88.4 Å². The Hall–Kier alpha value is -2.88. The minimum Gasteiger partial charge on any atom is -0.256 e. The molecule has 4 heteroatoms. The number of benzene rings is 2. The van der Waals surface area contributed by atoms with Crippen molar-refractivity contribution in [2.45, 2.75) is 20.3 Å². The Morgan fingerprint density at radius 1 is 0.923 bits per heavy atom. The molecule has 1 aromatic heterocycles. The summed E-state index contributed by atoms with van der Waals surface area (Å²) in [5, 5.41) is 1.04. The van der Waals surface area contributed by atoms with Gasteiger partial charge < -0.3 is 0 Å². The second-order valence-electron chi connectivity index (χ2n) is 6.47. The molecule has 1 heterocycles. The molecule has 0 amide bonds. The van der Waals surface area contributed by atoms with Gasteiger partial charge in [0.05, 0.1) is 5.52 Å². The van der Waals surface area contributed by atoms with Gasteiger partial charge in [0.25, 0.3) is 0 Å². The maximum Gasteiger partial charge on any atom is 0.194 e. The van der Waals surface area contributed by atoms with Gasteiger partial charge in [0.2, 0.25) is 0 Å². The van der Waals surface area contributed by atoms with Crippen LogP contribution in [0.5, 0.6) is 0 Å². The van der Waals surface area contributed by atoms with Gasteiger partial charge in [-0.25, -0.2) is 13.2 Å². The van der Waals surface area contributed by atoms with Crippen LogP contribution in [0.15, 0.2) is 54.2 Å². The number of rotatable bonds is 2. The van der Waals surface area contributed by atoms with Gasteiger partial charge in [-0.2, -0.15) is 0 Å². The summed E-state index contributed by atoms with van der Waals surface area (Å²) in [6.07, 6.45) is 4.32. The van der Waals surface area contributed by atoms with Crippen molar-refractivity contribution >= 4 is 22.0 Å². The largest absolute Gasteiger partial charge is 0.256 e. The number of hydrogen-bond donors (Lipinski definition) is 0. The average Bonchev–Trinajstić information content (AvgIpc) is 3.03. The minimum absolute atomic E-state index is 0.117. The third-order valence-corrected chi connectivity index (χ3v) is 5.02. The molecule has 0 saturated heterocycles. The summed E-state index contributed by atoms with van der Waals surface area (Å²) in [4.78, 5) is 4.49. The Balaban J connectivity index is 1.87. The lowest BCUT2D eigenvalue weighted by atomic mass is 9.93. The van der Waals surface area contributed by atoms with Gasteiger partial charge in [-0.15, -0.1) is 0 Å². The van der Waals surface area contributed by atoms with Gasteiger partial charge in [-0.1, -0.05) is 30.3 Å². The predicted octanol–water partition coefficient (Wildman–Crippen LogP) is 6.22. The smallest absolute Gasteiger partial charge is 0.194 e. The van der Waals surface area contributed by atoms with E-state index in [-0.39, 0.29) is 5.56 Å². The molecule has 0 fully saturated rings. The first kappa shape index (κ1) is 16.6. The van der Waals surface area contributed by atoms with Crippen LogP contribution in [-0.2, 0) is 0 Å². The van der Waals surface area contributed by atoms with Crippen molar-refractivity contribution in [2.24, 2.45) is 0 Å². The highest BCUT2D eigenvalue weighted by atomic mass is 19.2. The van der Waals surface area contributed by atoms with Crippen LogP contribution in [0.3, 0.4) is 0 Å². The summed E-state index contributed by atoms with van der Waals surface area (Å²) in [6.45, 7) is 3.40. The topological polar surface area (TPSA) is 12.9 Å². The highest BCUT2D eigenvalue weighted by molar-refractivity contribution is 6.00. The molecule has 0 spiro atoms. The normalized spacial score (nSPS) is 14.3. The molecule has 1 aliphatic rings. The van der Waals surface area contributed by atoms with E-state index in [9.17, 15) is 13.2 Å². The van der Waals surface area contributed by atoms with E-state index in [0.29, 0.717) is 12.0 Å². The SMILES string of the molecule is CC1=C(c2cccc3cccnc23)CC=C1c1cc(F)c(F)c(F)c1C. The third-order valence-electron chi connectivity index (χ3n) is 5.02. The van der Waals surface area contributed by atoms with Crippen LogP contribution in [-0.4, -0.2) is 4.98 Å². The van der Waals surface area contributed by atoms with E-state index in [1.54, 1.807) is 6.20 Å². The van der Waals surface area contributed by atoms with Crippen LogP contribution in [0.25, 0.3) is 22.0 Å². The van der Waals surface area contributed by atoms with Crippen LogP contribution in [0.1, 0.15) is 30.0 Å². The molecule has 4 rings (SSSR count). The molecule has 0 bridgehead atoms. The fourth-order valence-corrected chi connectivity index (χ4v) is 3.61. The van der Waals surface area contributed by atoms with E-state index in [2.05, 4.69) is 4.98 Å². The highest BCUT2D eigenvalue weighted by Gasteiger charge is 2.23. The van der Waals surface area contributed by atoms with Crippen LogP contribution in [0, 0.1) is 24.4 Å². The molecular formula is C22H16F3N. The minimum atomic E-state index is -1.43. The molecule has 130 valence electrons. The summed E-state index contributed by atoms with van der Waals surface area (Å²) in [7, 11) is 0. The number of fused-ring (bicyclic) bond motifs is 1. The van der Waals surface area contributed by atoms with Crippen molar-refractivity contribution in [1.82, 2.24) is 4.98 Å². The number of nitrogens with zero attached hydrogens (tertiary/aromatic N) is 1. The van der Waals surface area contributed by atoms with E-state index >= 15 is 0 Å². The Morgan fingerprint density at radius 2 is 1.69 bits per heavy atom. The van der Waals surface area contributed by atoms with Crippen molar-refractivity contribution in [3.8, 4) is 0 Å².